The molecule has 1 spiro atoms. The minimum Gasteiger partial charge on any atom is -0.460 e. The number of furan rings is 1. The topological polar surface area (TPSA) is 114 Å². The van der Waals surface area contributed by atoms with Crippen LogP contribution >= 0.6 is 0 Å². The van der Waals surface area contributed by atoms with Crippen molar-refractivity contribution in [2.24, 2.45) is 5.41 Å². The third-order valence-corrected chi connectivity index (χ3v) is 9.12. The van der Waals surface area contributed by atoms with Crippen LogP contribution in [-0.2, 0) is 15.9 Å². The van der Waals surface area contributed by atoms with E-state index >= 15 is 0 Å². The molecule has 1 N–H and O–H groups in total. The van der Waals surface area contributed by atoms with Gasteiger partial charge in [0.15, 0.2) is 0 Å². The van der Waals surface area contributed by atoms with Crippen molar-refractivity contribution in [1.29, 1.82) is 0 Å². The molecule has 10 heteroatoms. The summed E-state index contributed by atoms with van der Waals surface area (Å²) < 4.78 is 16.6. The van der Waals surface area contributed by atoms with E-state index in [2.05, 4.69) is 15.2 Å². The average Bonchev–Trinajstić information content (AvgIpc) is 3.42. The zero-order valence-electron chi connectivity index (χ0n) is 26.0. The fourth-order valence-electron chi connectivity index (χ4n) is 6.68. The van der Waals surface area contributed by atoms with E-state index in [9.17, 15) is 14.4 Å². The first kappa shape index (κ1) is 29.7. The van der Waals surface area contributed by atoms with Gasteiger partial charge in [-0.1, -0.05) is 12.1 Å². The summed E-state index contributed by atoms with van der Waals surface area (Å²) in [5, 5.41) is 3.00. The third-order valence-electron chi connectivity index (χ3n) is 9.12. The number of carbonyl (C=O) groups is 3. The quantitative estimate of drug-likeness (QED) is 0.265. The Morgan fingerprint density at radius 2 is 1.78 bits per heavy atom. The molecule has 0 unspecified atom stereocenters. The maximum atomic E-state index is 13.8. The van der Waals surface area contributed by atoms with Crippen molar-refractivity contribution in [2.45, 2.75) is 33.1 Å². The van der Waals surface area contributed by atoms with E-state index in [1.807, 2.05) is 37.3 Å². The number of benzene rings is 2. The van der Waals surface area contributed by atoms with Crippen LogP contribution in [0.3, 0.4) is 0 Å². The van der Waals surface area contributed by atoms with Crippen LogP contribution in [0.1, 0.15) is 62.2 Å². The lowest BCUT2D eigenvalue weighted by Gasteiger charge is -2.53. The largest absolute Gasteiger partial charge is 0.460 e. The molecule has 4 aromatic rings. The number of hydrogen-bond donors (Lipinski definition) is 1. The van der Waals surface area contributed by atoms with Gasteiger partial charge in [0.05, 0.1) is 17.9 Å². The minimum absolute atomic E-state index is 0.153. The van der Waals surface area contributed by atoms with Crippen molar-refractivity contribution >= 4 is 35.0 Å². The van der Waals surface area contributed by atoms with Gasteiger partial charge >= 0.3 is 5.97 Å². The number of rotatable bonds is 6. The smallest absolute Gasteiger partial charge is 0.374 e. The number of anilines is 3. The second kappa shape index (κ2) is 12.1. The molecule has 7 rings (SSSR count). The molecule has 10 nitrogen and oxygen atoms in total. The number of pyridine rings is 1. The zero-order valence-corrected chi connectivity index (χ0v) is 26.0. The molecular weight excluding hydrogens is 584 g/mol. The molecule has 2 amide bonds. The van der Waals surface area contributed by atoms with Crippen molar-refractivity contribution in [3.8, 4) is 11.3 Å². The van der Waals surface area contributed by atoms with E-state index in [4.69, 9.17) is 13.9 Å². The van der Waals surface area contributed by atoms with Crippen LogP contribution in [0, 0.1) is 12.3 Å². The SMILES string of the molecule is CCOC(=O)c1cc2c(o1)-c1ccccc1N(C(=O)c1ccc(NC(=O)c3cc(C)cnc3N3CC4(CCOCC4)C3)cc1)CC2. The number of aromatic nitrogens is 1. The van der Waals surface area contributed by atoms with Crippen molar-refractivity contribution in [3.05, 3.63) is 94.9 Å². The molecule has 2 saturated heterocycles. The maximum absolute atomic E-state index is 13.8. The number of para-hydroxylation sites is 1. The monoisotopic (exact) mass is 620 g/mol. The predicted octanol–water partition coefficient (Wildman–Crippen LogP) is 5.90. The number of nitrogens with zero attached hydrogens (tertiary/aromatic N) is 3. The van der Waals surface area contributed by atoms with Crippen LogP contribution in [0.25, 0.3) is 11.3 Å². The van der Waals surface area contributed by atoms with E-state index in [0.717, 1.165) is 55.8 Å². The Morgan fingerprint density at radius 3 is 2.54 bits per heavy atom. The number of hydrogen-bond acceptors (Lipinski definition) is 8. The lowest BCUT2D eigenvalue weighted by molar-refractivity contribution is -0.000512. The van der Waals surface area contributed by atoms with Crippen LogP contribution < -0.4 is 15.1 Å². The lowest BCUT2D eigenvalue weighted by atomic mass is 9.73. The Balaban J connectivity index is 1.07. The molecule has 236 valence electrons. The van der Waals surface area contributed by atoms with Gasteiger partial charge < -0.3 is 29.0 Å². The van der Waals surface area contributed by atoms with Gasteiger partial charge in [0, 0.05) is 66.8 Å². The van der Waals surface area contributed by atoms with Gasteiger partial charge in [-0.25, -0.2) is 9.78 Å². The Morgan fingerprint density at radius 1 is 1.02 bits per heavy atom. The van der Waals surface area contributed by atoms with Gasteiger partial charge in [-0.2, -0.15) is 0 Å². The van der Waals surface area contributed by atoms with Crippen LogP contribution in [0.5, 0.6) is 0 Å². The highest BCUT2D eigenvalue weighted by atomic mass is 16.5. The molecule has 2 aromatic heterocycles. The summed E-state index contributed by atoms with van der Waals surface area (Å²) in [5.41, 5.74) is 5.03. The molecule has 0 atom stereocenters. The minimum atomic E-state index is -0.507. The van der Waals surface area contributed by atoms with Crippen molar-refractivity contribution in [1.82, 2.24) is 4.98 Å². The van der Waals surface area contributed by atoms with Gasteiger partial charge in [0.2, 0.25) is 5.76 Å². The van der Waals surface area contributed by atoms with E-state index in [1.54, 1.807) is 48.4 Å². The summed E-state index contributed by atoms with van der Waals surface area (Å²) >= 11 is 0. The summed E-state index contributed by atoms with van der Waals surface area (Å²) in [4.78, 5) is 48.2. The molecule has 46 heavy (non-hydrogen) atoms. The molecule has 3 aliphatic rings. The number of fused-ring (bicyclic) bond motifs is 3. The highest BCUT2D eigenvalue weighted by molar-refractivity contribution is 6.10. The summed E-state index contributed by atoms with van der Waals surface area (Å²) in [5.74, 6) is 0.494. The first-order valence-electron chi connectivity index (χ1n) is 15.8. The van der Waals surface area contributed by atoms with Crippen LogP contribution in [0.15, 0.2) is 71.3 Å². The number of amides is 2. The summed E-state index contributed by atoms with van der Waals surface area (Å²) in [6.07, 6.45) is 4.37. The molecule has 0 saturated carbocycles. The second-order valence-electron chi connectivity index (χ2n) is 12.3. The number of nitrogens with one attached hydrogen (secondary N) is 1. The molecule has 5 heterocycles. The Kier molecular flexibility index (Phi) is 7.82. The highest BCUT2D eigenvalue weighted by Gasteiger charge is 2.45. The van der Waals surface area contributed by atoms with E-state index in [-0.39, 0.29) is 29.6 Å². The molecule has 2 fully saturated rings. The van der Waals surface area contributed by atoms with Gasteiger partial charge in [0.1, 0.15) is 11.6 Å². The highest BCUT2D eigenvalue weighted by Crippen LogP contribution is 2.43. The van der Waals surface area contributed by atoms with E-state index < -0.39 is 5.97 Å². The average molecular weight is 621 g/mol. The Bertz CT molecular complexity index is 1800. The maximum Gasteiger partial charge on any atom is 0.374 e. The van der Waals surface area contributed by atoms with E-state index in [0.29, 0.717) is 47.0 Å². The second-order valence-corrected chi connectivity index (χ2v) is 12.3. The van der Waals surface area contributed by atoms with Crippen LogP contribution in [0.2, 0.25) is 0 Å². The first-order chi connectivity index (χ1) is 22.3. The van der Waals surface area contributed by atoms with E-state index in [1.165, 1.54) is 0 Å². The number of ether oxygens (including phenoxy) is 2. The van der Waals surface area contributed by atoms with Crippen LogP contribution in [-0.4, -0.2) is 62.2 Å². The third kappa shape index (κ3) is 5.53. The number of carbonyl (C=O) groups excluding carboxylic acids is 3. The predicted molar refractivity (Wildman–Crippen MR) is 174 cm³/mol. The molecule has 3 aliphatic heterocycles. The molecular formula is C36H36N4O6. The zero-order chi connectivity index (χ0) is 31.8. The number of esters is 1. The standard InChI is InChI=1S/C36H36N4O6/c1-3-45-35(43)30-19-25-12-15-40(29-7-5-4-6-27(29)31(25)46-30)34(42)24-8-10-26(11-9-24)38-33(41)28-18-23(2)20-37-32(28)39-21-36(22-39)13-16-44-17-14-36/h4-11,18-20H,3,12-17,21-22H2,1-2H3,(H,38,41). The summed E-state index contributed by atoms with van der Waals surface area (Å²) in [6, 6.07) is 18.0. The lowest BCUT2D eigenvalue weighted by Crippen LogP contribution is -2.59. The van der Waals surface area contributed by atoms with Crippen molar-refractivity contribution in [2.75, 3.05) is 54.6 Å². The fraction of sp³-hybridized carbons (Fsp3) is 0.333. The summed E-state index contributed by atoms with van der Waals surface area (Å²) in [7, 11) is 0. The Hall–Kier alpha value is -4.96. The van der Waals surface area contributed by atoms with Gasteiger partial charge in [-0.3, -0.25) is 9.59 Å². The first-order valence-corrected chi connectivity index (χ1v) is 15.8. The summed E-state index contributed by atoms with van der Waals surface area (Å²) in [6.45, 7) is 7.65. The normalized spacial score (nSPS) is 16.6. The van der Waals surface area contributed by atoms with Gasteiger partial charge in [0.25, 0.3) is 11.8 Å². The number of aryl methyl sites for hydroxylation is 1. The van der Waals surface area contributed by atoms with Crippen molar-refractivity contribution < 1.29 is 28.3 Å². The molecule has 2 aromatic carbocycles. The van der Waals surface area contributed by atoms with Crippen LogP contribution in [0.4, 0.5) is 17.2 Å². The van der Waals surface area contributed by atoms with Gasteiger partial charge in [-0.05, 0) is 87.2 Å². The van der Waals surface area contributed by atoms with Crippen molar-refractivity contribution in [3.63, 3.8) is 0 Å². The van der Waals surface area contributed by atoms with Gasteiger partial charge in [-0.15, -0.1) is 0 Å². The Labute approximate surface area is 267 Å². The fourth-order valence-corrected chi connectivity index (χ4v) is 6.68. The molecule has 0 aliphatic carbocycles. The molecule has 0 radical (unpaired) electrons. The molecule has 0 bridgehead atoms.